The smallest absolute Gasteiger partial charge is 0.355 e. The largest absolute Gasteiger partial charge is 0.461 e. The highest BCUT2D eigenvalue weighted by atomic mass is 35.5. The second-order valence-corrected chi connectivity index (χ2v) is 7.52. The molecule has 0 saturated carbocycles. The van der Waals surface area contributed by atoms with E-state index in [1.165, 1.54) is 6.07 Å². The third-order valence-electron chi connectivity index (χ3n) is 4.97. The molecule has 0 bridgehead atoms. The van der Waals surface area contributed by atoms with Crippen molar-refractivity contribution in [1.29, 1.82) is 0 Å². The number of carbonyl (C=O) groups excluding carboxylic acids is 1. The predicted octanol–water partition coefficient (Wildman–Crippen LogP) is 4.98. The summed E-state index contributed by atoms with van der Waals surface area (Å²) in [6.07, 6.45) is 0. The van der Waals surface area contributed by atoms with Gasteiger partial charge in [0.25, 0.3) is 5.56 Å². The number of hydrogen-bond donors (Lipinski definition) is 0. The highest BCUT2D eigenvalue weighted by molar-refractivity contribution is 6.30. The lowest BCUT2D eigenvalue weighted by molar-refractivity contribution is 0.0515. The van der Waals surface area contributed by atoms with E-state index >= 15 is 0 Å². The Bertz CT molecular complexity index is 1290. The first-order valence-electron chi connectivity index (χ1n) is 9.72. The fraction of sp³-hybridized carbons (Fsp3) is 0.167. The molecule has 0 atom stereocenters. The van der Waals surface area contributed by atoms with Gasteiger partial charge in [-0.3, -0.25) is 9.36 Å². The van der Waals surface area contributed by atoms with Crippen molar-refractivity contribution in [3.8, 4) is 5.69 Å². The van der Waals surface area contributed by atoms with Gasteiger partial charge in [0, 0.05) is 23.3 Å². The van der Waals surface area contributed by atoms with Gasteiger partial charge in [0.1, 0.15) is 5.69 Å². The molecule has 0 aliphatic carbocycles. The Kier molecular flexibility index (Phi) is 5.46. The summed E-state index contributed by atoms with van der Waals surface area (Å²) in [5.74, 6) is -0.432. The molecule has 0 unspecified atom stereocenters. The maximum Gasteiger partial charge on any atom is 0.355 e. The van der Waals surface area contributed by atoms with Crippen LogP contribution in [0.15, 0.2) is 71.5 Å². The molecule has 0 radical (unpaired) electrons. The SMILES string of the molecule is CCOC(=O)c1cc2c(ccc(=O)n2-c2ccc(C)cc2)n1Cc1cccc(Cl)c1. The number of halogens is 1. The van der Waals surface area contributed by atoms with E-state index < -0.39 is 5.97 Å². The average Bonchev–Trinajstić information content (AvgIpc) is 3.07. The first kappa shape index (κ1) is 20.0. The molecule has 0 amide bonds. The number of ether oxygens (including phenoxy) is 1. The summed E-state index contributed by atoms with van der Waals surface area (Å²) in [6.45, 7) is 4.45. The van der Waals surface area contributed by atoms with Crippen LogP contribution in [0.1, 0.15) is 28.5 Å². The molecular weight excluding hydrogens is 400 g/mol. The van der Waals surface area contributed by atoms with E-state index in [4.69, 9.17) is 16.3 Å². The fourth-order valence-electron chi connectivity index (χ4n) is 3.57. The van der Waals surface area contributed by atoms with Gasteiger partial charge in [-0.15, -0.1) is 0 Å². The van der Waals surface area contributed by atoms with Crippen LogP contribution in [-0.4, -0.2) is 21.7 Å². The van der Waals surface area contributed by atoms with E-state index in [9.17, 15) is 9.59 Å². The van der Waals surface area contributed by atoms with Gasteiger partial charge in [0.15, 0.2) is 0 Å². The molecule has 2 aromatic carbocycles. The Labute approximate surface area is 179 Å². The predicted molar refractivity (Wildman–Crippen MR) is 119 cm³/mol. The number of carbonyl (C=O) groups is 1. The van der Waals surface area contributed by atoms with Gasteiger partial charge in [-0.2, -0.15) is 0 Å². The van der Waals surface area contributed by atoms with Crippen molar-refractivity contribution in [3.05, 3.63) is 98.9 Å². The van der Waals surface area contributed by atoms with Crippen molar-refractivity contribution in [1.82, 2.24) is 9.13 Å². The number of nitrogens with zero attached hydrogens (tertiary/aromatic N) is 2. The van der Waals surface area contributed by atoms with Gasteiger partial charge in [-0.25, -0.2) is 4.79 Å². The van der Waals surface area contributed by atoms with Gasteiger partial charge < -0.3 is 9.30 Å². The van der Waals surface area contributed by atoms with Gasteiger partial charge in [0.05, 0.1) is 17.6 Å². The Morgan fingerprint density at radius 2 is 1.77 bits per heavy atom. The molecule has 5 nitrogen and oxygen atoms in total. The molecule has 30 heavy (non-hydrogen) atoms. The molecule has 0 aliphatic heterocycles. The molecule has 0 N–H and O–H groups in total. The Morgan fingerprint density at radius 1 is 1.00 bits per heavy atom. The third kappa shape index (κ3) is 3.76. The molecule has 0 aliphatic rings. The monoisotopic (exact) mass is 420 g/mol. The lowest BCUT2D eigenvalue weighted by Crippen LogP contribution is -2.17. The molecular formula is C24H21ClN2O3. The maximum absolute atomic E-state index is 12.8. The summed E-state index contributed by atoms with van der Waals surface area (Å²) < 4.78 is 8.76. The third-order valence-corrected chi connectivity index (χ3v) is 5.20. The Morgan fingerprint density at radius 3 is 2.47 bits per heavy atom. The highest BCUT2D eigenvalue weighted by Gasteiger charge is 2.20. The van der Waals surface area contributed by atoms with Gasteiger partial charge >= 0.3 is 5.97 Å². The van der Waals surface area contributed by atoms with Crippen molar-refractivity contribution < 1.29 is 9.53 Å². The van der Waals surface area contributed by atoms with Crippen LogP contribution in [0.4, 0.5) is 0 Å². The molecule has 152 valence electrons. The molecule has 4 aromatic rings. The highest BCUT2D eigenvalue weighted by Crippen LogP contribution is 2.24. The quantitative estimate of drug-likeness (QED) is 0.428. The van der Waals surface area contributed by atoms with Crippen molar-refractivity contribution in [3.63, 3.8) is 0 Å². The van der Waals surface area contributed by atoms with Crippen molar-refractivity contribution in [2.75, 3.05) is 6.61 Å². The fourth-order valence-corrected chi connectivity index (χ4v) is 3.78. The first-order valence-corrected chi connectivity index (χ1v) is 10.1. The molecule has 4 rings (SSSR count). The number of hydrogen-bond acceptors (Lipinski definition) is 3. The lowest BCUT2D eigenvalue weighted by Gasteiger charge is -2.12. The van der Waals surface area contributed by atoms with Crippen molar-refractivity contribution in [2.45, 2.75) is 20.4 Å². The molecule has 0 fully saturated rings. The van der Waals surface area contributed by atoms with Crippen LogP contribution in [0.3, 0.4) is 0 Å². The summed E-state index contributed by atoms with van der Waals surface area (Å²) in [4.78, 5) is 25.5. The van der Waals surface area contributed by atoms with Gasteiger partial charge in [0.2, 0.25) is 0 Å². The maximum atomic E-state index is 12.8. The molecule has 0 saturated heterocycles. The van der Waals surface area contributed by atoms with E-state index in [1.54, 1.807) is 29.7 Å². The number of aryl methyl sites for hydroxylation is 1. The number of esters is 1. The molecule has 2 heterocycles. The summed E-state index contributed by atoms with van der Waals surface area (Å²) in [6, 6.07) is 20.2. The van der Waals surface area contributed by atoms with E-state index in [0.717, 1.165) is 22.3 Å². The molecule has 6 heteroatoms. The number of benzene rings is 2. The first-order chi connectivity index (χ1) is 14.5. The number of rotatable bonds is 5. The Hall–Kier alpha value is -3.31. The lowest BCUT2D eigenvalue weighted by atomic mass is 10.2. The zero-order valence-electron chi connectivity index (χ0n) is 16.8. The zero-order chi connectivity index (χ0) is 21.3. The Balaban J connectivity index is 1.96. The minimum Gasteiger partial charge on any atom is -0.461 e. The van der Waals surface area contributed by atoms with E-state index in [2.05, 4.69) is 0 Å². The number of fused-ring (bicyclic) bond motifs is 1. The van der Waals surface area contributed by atoms with Crippen LogP contribution in [0.2, 0.25) is 5.02 Å². The summed E-state index contributed by atoms with van der Waals surface area (Å²) >= 11 is 6.15. The van der Waals surface area contributed by atoms with Crippen molar-refractivity contribution in [2.24, 2.45) is 0 Å². The summed E-state index contributed by atoms with van der Waals surface area (Å²) in [5.41, 5.74) is 4.42. The van der Waals surface area contributed by atoms with Crippen LogP contribution >= 0.6 is 11.6 Å². The standard InChI is InChI=1S/C24H21ClN2O3/c1-3-30-24(29)22-14-21-20(26(22)15-17-5-4-6-18(25)13-17)11-12-23(28)27(21)19-9-7-16(2)8-10-19/h4-14H,3,15H2,1-2H3. The number of pyridine rings is 1. The van der Waals surface area contributed by atoms with Gasteiger partial charge in [-0.1, -0.05) is 41.4 Å². The van der Waals surface area contributed by atoms with Crippen LogP contribution in [0.5, 0.6) is 0 Å². The minimum absolute atomic E-state index is 0.165. The van der Waals surface area contributed by atoms with E-state index in [-0.39, 0.29) is 12.2 Å². The molecule has 0 spiro atoms. The molecule has 2 aromatic heterocycles. The summed E-state index contributed by atoms with van der Waals surface area (Å²) in [7, 11) is 0. The van der Waals surface area contributed by atoms with Gasteiger partial charge in [-0.05, 0) is 55.8 Å². The average molecular weight is 421 g/mol. The topological polar surface area (TPSA) is 53.2 Å². The van der Waals surface area contributed by atoms with Crippen LogP contribution < -0.4 is 5.56 Å². The van der Waals surface area contributed by atoms with Crippen LogP contribution in [-0.2, 0) is 11.3 Å². The minimum atomic E-state index is -0.432. The number of aromatic nitrogens is 2. The van der Waals surface area contributed by atoms with Crippen LogP contribution in [0.25, 0.3) is 16.7 Å². The second-order valence-electron chi connectivity index (χ2n) is 7.08. The van der Waals surface area contributed by atoms with Crippen LogP contribution in [0, 0.1) is 6.92 Å². The van der Waals surface area contributed by atoms with Crippen molar-refractivity contribution >= 4 is 28.6 Å². The van der Waals surface area contributed by atoms with E-state index in [0.29, 0.717) is 22.8 Å². The van der Waals surface area contributed by atoms with E-state index in [1.807, 2.05) is 54.0 Å². The second kappa shape index (κ2) is 8.20. The summed E-state index contributed by atoms with van der Waals surface area (Å²) in [5, 5.41) is 0.623. The normalized spacial score (nSPS) is 11.0. The zero-order valence-corrected chi connectivity index (χ0v) is 17.5.